The maximum atomic E-state index is 15.4. The molecule has 0 spiro atoms. The molecule has 0 bridgehead atoms. The first-order valence-corrected chi connectivity index (χ1v) is 10.8. The molecule has 7 heteroatoms. The Morgan fingerprint density at radius 1 is 1.35 bits per heavy atom. The van der Waals surface area contributed by atoms with Crippen molar-refractivity contribution < 1.29 is 9.50 Å². The van der Waals surface area contributed by atoms with Gasteiger partial charge in [-0.2, -0.15) is 0 Å². The van der Waals surface area contributed by atoms with Crippen molar-refractivity contribution in [3.8, 4) is 22.8 Å². The van der Waals surface area contributed by atoms with Gasteiger partial charge in [-0.1, -0.05) is 33.3 Å². The van der Waals surface area contributed by atoms with E-state index in [4.69, 9.17) is 0 Å². The van der Waals surface area contributed by atoms with Crippen LogP contribution in [-0.2, 0) is 0 Å². The first kappa shape index (κ1) is 21.2. The largest absolute Gasteiger partial charge is 0.507 e. The van der Waals surface area contributed by atoms with Gasteiger partial charge in [0.1, 0.15) is 17.6 Å². The van der Waals surface area contributed by atoms with E-state index in [9.17, 15) is 5.11 Å². The molecule has 0 saturated heterocycles. The molecule has 1 N–H and O–H groups in total. The lowest BCUT2D eigenvalue weighted by atomic mass is 9.65. The van der Waals surface area contributed by atoms with E-state index in [0.717, 1.165) is 37.8 Å². The van der Waals surface area contributed by atoms with Crippen LogP contribution in [0.1, 0.15) is 51.6 Å². The summed E-state index contributed by atoms with van der Waals surface area (Å²) in [5.74, 6) is 0.0867. The highest BCUT2D eigenvalue weighted by atomic mass is 19.1. The summed E-state index contributed by atoms with van der Waals surface area (Å²) in [6, 6.07) is 5.21. The molecule has 1 fully saturated rings. The quantitative estimate of drug-likeness (QED) is 0.578. The molecule has 0 unspecified atom stereocenters. The van der Waals surface area contributed by atoms with Gasteiger partial charge in [-0.15, -0.1) is 10.2 Å². The van der Waals surface area contributed by atoms with Gasteiger partial charge in [0.15, 0.2) is 5.82 Å². The van der Waals surface area contributed by atoms with E-state index in [1.165, 1.54) is 0 Å². The van der Waals surface area contributed by atoms with E-state index in [-0.39, 0.29) is 17.1 Å². The minimum absolute atomic E-state index is 0.0472. The highest BCUT2D eigenvalue weighted by molar-refractivity contribution is 5.67. The summed E-state index contributed by atoms with van der Waals surface area (Å²) in [7, 11) is 0. The molecule has 2 heterocycles. The number of alkyl halides is 1. The molecule has 3 atom stereocenters. The predicted octanol–water partition coefficient (Wildman–Crippen LogP) is 5.39. The van der Waals surface area contributed by atoms with Crippen LogP contribution in [-0.4, -0.2) is 36.0 Å². The summed E-state index contributed by atoms with van der Waals surface area (Å²) in [5.41, 5.74) is 2.10. The van der Waals surface area contributed by atoms with Gasteiger partial charge < -0.3 is 9.67 Å². The van der Waals surface area contributed by atoms with Gasteiger partial charge in [0, 0.05) is 24.4 Å². The summed E-state index contributed by atoms with van der Waals surface area (Å²) in [6.07, 6.45) is 10.2. The fourth-order valence-corrected chi connectivity index (χ4v) is 4.70. The fourth-order valence-electron chi connectivity index (χ4n) is 4.70. The molecule has 0 aliphatic heterocycles. The average molecular weight is 422 g/mol. The van der Waals surface area contributed by atoms with Crippen molar-refractivity contribution >= 4 is 5.57 Å². The molecule has 1 aromatic carbocycles. The molecule has 1 aliphatic rings. The fraction of sp³-hybridized carbons (Fsp3) is 0.417. The van der Waals surface area contributed by atoms with E-state index >= 15 is 4.39 Å². The van der Waals surface area contributed by atoms with E-state index in [2.05, 4.69) is 33.7 Å². The Labute approximate surface area is 181 Å². The summed E-state index contributed by atoms with van der Waals surface area (Å²) >= 11 is 0. The second-order valence-electron chi connectivity index (χ2n) is 8.67. The normalized spacial score (nSPS) is 23.6. The number of benzene rings is 1. The number of aromatic nitrogens is 5. The number of nitrogens with zero attached hydrogens (tertiary/aromatic N) is 5. The van der Waals surface area contributed by atoms with Crippen LogP contribution in [0.5, 0.6) is 5.75 Å². The van der Waals surface area contributed by atoms with Crippen LogP contribution in [0.3, 0.4) is 0 Å². The molecule has 0 amide bonds. The summed E-state index contributed by atoms with van der Waals surface area (Å²) in [4.78, 5) is 8.39. The molecule has 0 radical (unpaired) electrons. The molecule has 6 nitrogen and oxygen atoms in total. The van der Waals surface area contributed by atoms with Gasteiger partial charge in [0.25, 0.3) is 0 Å². The van der Waals surface area contributed by atoms with E-state index < -0.39 is 6.17 Å². The highest BCUT2D eigenvalue weighted by Crippen LogP contribution is 2.48. The van der Waals surface area contributed by atoms with Crippen molar-refractivity contribution in [1.82, 2.24) is 24.7 Å². The van der Waals surface area contributed by atoms with Crippen LogP contribution in [0, 0.1) is 11.3 Å². The molecule has 1 aliphatic carbocycles. The third-order valence-electron chi connectivity index (χ3n) is 6.47. The topological polar surface area (TPSA) is 76.7 Å². The third-order valence-corrected chi connectivity index (χ3v) is 6.47. The van der Waals surface area contributed by atoms with Gasteiger partial charge >= 0.3 is 0 Å². The average Bonchev–Trinajstić information content (AvgIpc) is 3.31. The zero-order chi connectivity index (χ0) is 22.0. The third kappa shape index (κ3) is 4.09. The van der Waals surface area contributed by atoms with Crippen molar-refractivity contribution in [2.24, 2.45) is 11.3 Å². The number of hydrogen-bond acceptors (Lipinski definition) is 5. The molecule has 3 aromatic rings. The number of phenols is 1. The standard InChI is InChI=1S/C24H28FN5O/c1-4-9-24(3)10-5-6-18(22(24)25)16(2)20-14-27-23(29-28-20)19-8-7-17(13-21(19)31)30-12-11-26-15-30/h7-8,11-15,18,22,31H,2,4-6,9-10H2,1,3H3/t18-,22+,24-/m1/s1. The van der Waals surface area contributed by atoms with Crippen molar-refractivity contribution in [2.75, 3.05) is 0 Å². The zero-order valence-electron chi connectivity index (χ0n) is 18.0. The Morgan fingerprint density at radius 2 is 2.19 bits per heavy atom. The lowest BCUT2D eigenvalue weighted by Crippen LogP contribution is -2.39. The Kier molecular flexibility index (Phi) is 5.85. The van der Waals surface area contributed by atoms with Crippen LogP contribution in [0.2, 0.25) is 0 Å². The predicted molar refractivity (Wildman–Crippen MR) is 118 cm³/mol. The first-order chi connectivity index (χ1) is 14.9. The van der Waals surface area contributed by atoms with Crippen molar-refractivity contribution in [3.63, 3.8) is 0 Å². The molecule has 2 aromatic heterocycles. The van der Waals surface area contributed by atoms with Gasteiger partial charge in [-0.05, 0) is 42.4 Å². The number of phenolic OH excluding ortho intramolecular Hbond substituents is 1. The minimum atomic E-state index is -0.949. The molecule has 31 heavy (non-hydrogen) atoms. The Balaban J connectivity index is 1.54. The Bertz CT molecular complexity index is 1050. The molecular formula is C24H28FN5O. The smallest absolute Gasteiger partial charge is 0.185 e. The minimum Gasteiger partial charge on any atom is -0.507 e. The maximum absolute atomic E-state index is 15.4. The molecular weight excluding hydrogens is 393 g/mol. The number of rotatable bonds is 6. The van der Waals surface area contributed by atoms with Crippen molar-refractivity contribution in [3.05, 3.63) is 55.4 Å². The second-order valence-corrected chi connectivity index (χ2v) is 8.67. The lowest BCUT2D eigenvalue weighted by Gasteiger charge is -2.42. The van der Waals surface area contributed by atoms with Crippen LogP contribution >= 0.6 is 0 Å². The SMILES string of the molecule is C=C(c1cnc(-c2ccc(-n3ccnc3)cc2O)nn1)[C@H]1CCC[C@@](C)(CCC)[C@H]1F. The van der Waals surface area contributed by atoms with Crippen molar-refractivity contribution in [2.45, 2.75) is 52.1 Å². The molecule has 162 valence electrons. The number of halogens is 1. The second kappa shape index (κ2) is 8.57. The Hall–Kier alpha value is -3.09. The summed E-state index contributed by atoms with van der Waals surface area (Å²) in [5, 5.41) is 18.9. The van der Waals surface area contributed by atoms with E-state index in [1.807, 2.05) is 13.0 Å². The van der Waals surface area contributed by atoms with Crippen LogP contribution in [0.4, 0.5) is 4.39 Å². The number of allylic oxidation sites excluding steroid dienone is 1. The van der Waals surface area contributed by atoms with Gasteiger partial charge in [0.2, 0.25) is 0 Å². The number of imidazole rings is 1. The van der Waals surface area contributed by atoms with Crippen LogP contribution in [0.25, 0.3) is 22.6 Å². The zero-order valence-corrected chi connectivity index (χ0v) is 18.0. The number of aromatic hydroxyl groups is 1. The monoisotopic (exact) mass is 421 g/mol. The van der Waals surface area contributed by atoms with E-state index in [0.29, 0.717) is 22.7 Å². The van der Waals surface area contributed by atoms with E-state index in [1.54, 1.807) is 41.6 Å². The Morgan fingerprint density at radius 3 is 2.84 bits per heavy atom. The van der Waals surface area contributed by atoms with Crippen molar-refractivity contribution in [1.29, 1.82) is 0 Å². The maximum Gasteiger partial charge on any atom is 0.185 e. The highest BCUT2D eigenvalue weighted by Gasteiger charge is 2.43. The van der Waals surface area contributed by atoms with Crippen LogP contribution < -0.4 is 0 Å². The van der Waals surface area contributed by atoms with Gasteiger partial charge in [-0.3, -0.25) is 0 Å². The first-order valence-electron chi connectivity index (χ1n) is 10.8. The van der Waals surface area contributed by atoms with Crippen LogP contribution in [0.15, 0.2) is 49.7 Å². The lowest BCUT2D eigenvalue weighted by molar-refractivity contribution is 0.0363. The molecule has 1 saturated carbocycles. The van der Waals surface area contributed by atoms with Gasteiger partial charge in [-0.25, -0.2) is 14.4 Å². The summed E-state index contributed by atoms with van der Waals surface area (Å²) in [6.45, 7) is 8.29. The number of hydrogen-bond donors (Lipinski definition) is 1. The molecule has 4 rings (SSSR count). The van der Waals surface area contributed by atoms with Gasteiger partial charge in [0.05, 0.1) is 23.8 Å². The summed E-state index contributed by atoms with van der Waals surface area (Å²) < 4.78 is 17.2.